The second-order valence-corrected chi connectivity index (χ2v) is 7.12. The van der Waals surface area contributed by atoms with Gasteiger partial charge < -0.3 is 20.1 Å². The van der Waals surface area contributed by atoms with Gasteiger partial charge in [-0.05, 0) is 25.1 Å². The third kappa shape index (κ3) is 5.13. The van der Waals surface area contributed by atoms with Crippen LogP contribution in [0.25, 0.3) is 0 Å². The van der Waals surface area contributed by atoms with E-state index in [1.807, 2.05) is 12.3 Å². The van der Waals surface area contributed by atoms with Crippen LogP contribution in [0.15, 0.2) is 29.6 Å². The molecular formula is C18H20N6O3S. The molecule has 0 radical (unpaired) electrons. The van der Waals surface area contributed by atoms with Gasteiger partial charge in [-0.15, -0.1) is 11.3 Å². The van der Waals surface area contributed by atoms with Crippen LogP contribution in [0.4, 0.5) is 11.9 Å². The van der Waals surface area contributed by atoms with Crippen molar-refractivity contribution in [1.82, 2.24) is 19.9 Å². The number of aromatic nitrogens is 4. The van der Waals surface area contributed by atoms with Crippen LogP contribution in [-0.4, -0.2) is 40.0 Å². The Kier molecular flexibility index (Phi) is 5.99. The van der Waals surface area contributed by atoms with E-state index < -0.39 is 5.97 Å². The van der Waals surface area contributed by atoms with E-state index >= 15 is 0 Å². The number of nitrogens with two attached hydrogens (primary N) is 1. The molecular weight excluding hydrogens is 380 g/mol. The highest BCUT2D eigenvalue weighted by molar-refractivity contribution is 7.09. The van der Waals surface area contributed by atoms with Crippen molar-refractivity contribution in [2.75, 3.05) is 24.7 Å². The van der Waals surface area contributed by atoms with Crippen LogP contribution in [0.2, 0.25) is 0 Å². The minimum Gasteiger partial charge on any atom is -0.487 e. The molecule has 2 heterocycles. The molecule has 10 heteroatoms. The summed E-state index contributed by atoms with van der Waals surface area (Å²) in [6.07, 6.45) is 0. The van der Waals surface area contributed by atoms with Gasteiger partial charge in [-0.2, -0.15) is 15.0 Å². The van der Waals surface area contributed by atoms with Crippen LogP contribution < -0.4 is 15.4 Å². The average molecular weight is 400 g/mol. The van der Waals surface area contributed by atoms with Crippen molar-refractivity contribution in [1.29, 1.82) is 0 Å². The summed E-state index contributed by atoms with van der Waals surface area (Å²) in [5.41, 5.74) is 6.88. The number of carbonyl (C=O) groups is 1. The summed E-state index contributed by atoms with van der Waals surface area (Å²) in [6.45, 7) is 2.16. The molecule has 0 saturated carbocycles. The van der Waals surface area contributed by atoms with Gasteiger partial charge in [0.15, 0.2) is 12.4 Å². The Labute approximate surface area is 166 Å². The van der Waals surface area contributed by atoms with E-state index in [4.69, 9.17) is 15.2 Å². The van der Waals surface area contributed by atoms with Crippen molar-refractivity contribution in [3.8, 4) is 5.75 Å². The maximum Gasteiger partial charge on any atom is 0.338 e. The van der Waals surface area contributed by atoms with Crippen molar-refractivity contribution < 1.29 is 14.3 Å². The number of rotatable bonds is 7. The quantitative estimate of drug-likeness (QED) is 0.596. The van der Waals surface area contributed by atoms with Crippen molar-refractivity contribution in [3.05, 3.63) is 51.7 Å². The minimum absolute atomic E-state index is 0.0671. The molecule has 0 aliphatic rings. The molecule has 0 atom stereocenters. The summed E-state index contributed by atoms with van der Waals surface area (Å²) >= 11 is 1.56. The maximum absolute atomic E-state index is 12.4. The number of nitrogen functional groups attached to an aromatic ring is 1. The van der Waals surface area contributed by atoms with Gasteiger partial charge in [0.25, 0.3) is 0 Å². The number of esters is 1. The highest BCUT2D eigenvalue weighted by Gasteiger charge is 2.12. The van der Waals surface area contributed by atoms with E-state index in [1.165, 1.54) is 0 Å². The lowest BCUT2D eigenvalue weighted by molar-refractivity contribution is 0.0461. The number of thiazole rings is 1. The molecule has 0 bridgehead atoms. The lowest BCUT2D eigenvalue weighted by Gasteiger charge is -2.11. The first-order chi connectivity index (χ1) is 13.4. The van der Waals surface area contributed by atoms with Crippen LogP contribution in [0.3, 0.4) is 0 Å². The molecule has 9 nitrogen and oxygen atoms in total. The smallest absolute Gasteiger partial charge is 0.338 e. The van der Waals surface area contributed by atoms with E-state index in [1.54, 1.807) is 54.6 Å². The number of hydrogen-bond acceptors (Lipinski definition) is 10. The van der Waals surface area contributed by atoms with E-state index in [2.05, 4.69) is 19.9 Å². The first-order valence-corrected chi connectivity index (χ1v) is 9.27. The summed E-state index contributed by atoms with van der Waals surface area (Å²) in [4.78, 5) is 30.6. The van der Waals surface area contributed by atoms with E-state index in [9.17, 15) is 4.79 Å². The average Bonchev–Trinajstić information content (AvgIpc) is 3.09. The van der Waals surface area contributed by atoms with E-state index in [-0.39, 0.29) is 18.4 Å². The number of benzene rings is 1. The van der Waals surface area contributed by atoms with Gasteiger partial charge in [-0.1, -0.05) is 6.07 Å². The third-order valence-corrected chi connectivity index (χ3v) is 4.36. The first-order valence-electron chi connectivity index (χ1n) is 8.39. The fraction of sp³-hybridized carbons (Fsp3) is 0.278. The Bertz CT molecular complexity index is 975. The number of carbonyl (C=O) groups excluding carboxylic acids is 1. The van der Waals surface area contributed by atoms with Crippen LogP contribution >= 0.6 is 11.3 Å². The molecule has 2 N–H and O–H groups in total. The predicted octanol–water partition coefficient (Wildman–Crippen LogP) is 2.22. The third-order valence-electron chi connectivity index (χ3n) is 3.54. The SMILES string of the molecule is Cc1nc(COc2cccc(C(=O)OCc3nc(N)nc(N(C)C)n3)c2)cs1. The normalized spacial score (nSPS) is 10.5. The van der Waals surface area contributed by atoms with Crippen LogP contribution in [0.1, 0.15) is 26.9 Å². The topological polar surface area (TPSA) is 116 Å². The second-order valence-electron chi connectivity index (χ2n) is 6.05. The molecule has 0 aliphatic carbocycles. The Morgan fingerprint density at radius 1 is 1.18 bits per heavy atom. The molecule has 3 rings (SSSR count). The molecule has 0 aliphatic heterocycles. The van der Waals surface area contributed by atoms with Gasteiger partial charge in [0.2, 0.25) is 11.9 Å². The molecule has 0 unspecified atom stereocenters. The van der Waals surface area contributed by atoms with Gasteiger partial charge in [0.1, 0.15) is 12.4 Å². The maximum atomic E-state index is 12.4. The number of ether oxygens (including phenoxy) is 2. The van der Waals surface area contributed by atoms with Crippen LogP contribution in [0.5, 0.6) is 5.75 Å². The van der Waals surface area contributed by atoms with Crippen LogP contribution in [-0.2, 0) is 18.0 Å². The minimum atomic E-state index is -0.514. The Morgan fingerprint density at radius 3 is 2.71 bits per heavy atom. The van der Waals surface area contributed by atoms with E-state index in [0.29, 0.717) is 23.9 Å². The van der Waals surface area contributed by atoms with Crippen molar-refractivity contribution in [3.63, 3.8) is 0 Å². The fourth-order valence-electron chi connectivity index (χ4n) is 2.25. The van der Waals surface area contributed by atoms with Gasteiger partial charge in [-0.3, -0.25) is 0 Å². The predicted molar refractivity (Wildman–Crippen MR) is 105 cm³/mol. The lowest BCUT2D eigenvalue weighted by Crippen LogP contribution is -2.17. The Morgan fingerprint density at radius 2 is 2.00 bits per heavy atom. The number of anilines is 2. The van der Waals surface area contributed by atoms with Crippen molar-refractivity contribution >= 4 is 29.2 Å². The van der Waals surface area contributed by atoms with Crippen molar-refractivity contribution in [2.45, 2.75) is 20.1 Å². The number of nitrogens with zero attached hydrogens (tertiary/aromatic N) is 5. The first kappa shape index (κ1) is 19.5. The zero-order chi connectivity index (χ0) is 20.1. The second kappa shape index (κ2) is 8.61. The molecule has 0 spiro atoms. The molecule has 0 fully saturated rings. The van der Waals surface area contributed by atoms with Gasteiger partial charge >= 0.3 is 5.97 Å². The summed E-state index contributed by atoms with van der Waals surface area (Å²) in [6, 6.07) is 6.76. The number of aryl methyl sites for hydroxylation is 1. The summed E-state index contributed by atoms with van der Waals surface area (Å²) in [5, 5.41) is 2.92. The zero-order valence-corrected chi connectivity index (χ0v) is 16.6. The van der Waals surface area contributed by atoms with Crippen molar-refractivity contribution in [2.24, 2.45) is 0 Å². The van der Waals surface area contributed by atoms with E-state index in [0.717, 1.165) is 10.7 Å². The Hall–Kier alpha value is -3.27. The molecule has 0 saturated heterocycles. The molecule has 3 aromatic rings. The van der Waals surface area contributed by atoms with Gasteiger partial charge in [-0.25, -0.2) is 9.78 Å². The molecule has 2 aromatic heterocycles. The highest BCUT2D eigenvalue weighted by atomic mass is 32.1. The van der Waals surface area contributed by atoms with Crippen LogP contribution in [0, 0.1) is 6.92 Å². The molecule has 28 heavy (non-hydrogen) atoms. The molecule has 1 aromatic carbocycles. The zero-order valence-electron chi connectivity index (χ0n) is 15.7. The standard InChI is InChI=1S/C18H20N6O3S/c1-11-20-13(10-28-11)8-26-14-6-4-5-12(7-14)16(25)27-9-15-21-17(19)23-18(22-15)24(2)3/h4-7,10H,8-9H2,1-3H3,(H2,19,21,22,23). The molecule has 146 valence electrons. The Balaban J connectivity index is 1.61. The fourth-order valence-corrected chi connectivity index (χ4v) is 2.85. The number of hydrogen-bond donors (Lipinski definition) is 1. The lowest BCUT2D eigenvalue weighted by atomic mass is 10.2. The highest BCUT2D eigenvalue weighted by Crippen LogP contribution is 2.17. The van der Waals surface area contributed by atoms with Gasteiger partial charge in [0.05, 0.1) is 16.3 Å². The molecule has 0 amide bonds. The monoisotopic (exact) mass is 400 g/mol. The summed E-state index contributed by atoms with van der Waals surface area (Å²) in [5.74, 6) is 0.777. The van der Waals surface area contributed by atoms with Gasteiger partial charge in [0, 0.05) is 19.5 Å². The summed E-state index contributed by atoms with van der Waals surface area (Å²) < 4.78 is 11.0. The largest absolute Gasteiger partial charge is 0.487 e. The summed E-state index contributed by atoms with van der Waals surface area (Å²) in [7, 11) is 3.56.